The molecule has 0 aliphatic rings. The molecule has 3 rings (SSSR count). The normalized spacial score (nSPS) is 11.0. The maximum Gasteiger partial charge on any atom is 0.264 e. The van der Waals surface area contributed by atoms with Gasteiger partial charge >= 0.3 is 0 Å². The van der Waals surface area contributed by atoms with Crippen LogP contribution in [0.4, 0.5) is 11.6 Å². The van der Waals surface area contributed by atoms with Crippen molar-refractivity contribution >= 4 is 70.3 Å². The third-order valence-corrected chi connectivity index (χ3v) is 5.14. The van der Waals surface area contributed by atoms with Gasteiger partial charge in [-0.3, -0.25) is 4.79 Å². The average molecular weight is 471 g/mol. The maximum atomic E-state index is 12.1. The van der Waals surface area contributed by atoms with Crippen LogP contribution in [0.3, 0.4) is 0 Å². The molecule has 1 amide bonds. The van der Waals surface area contributed by atoms with Gasteiger partial charge in [0, 0.05) is 26.3 Å². The summed E-state index contributed by atoms with van der Waals surface area (Å²) in [6, 6.07) is 12.0. The summed E-state index contributed by atoms with van der Waals surface area (Å²) < 4.78 is 1.19. The number of carbonyl (C=O) groups is 1. The van der Waals surface area contributed by atoms with Gasteiger partial charge in [-0.1, -0.05) is 64.8 Å². The number of nitrogens with one attached hydrogen (secondary N) is 2. The van der Waals surface area contributed by atoms with Crippen LogP contribution in [0.2, 0.25) is 15.1 Å². The zero-order valence-corrected chi connectivity index (χ0v) is 17.7. The van der Waals surface area contributed by atoms with Crippen LogP contribution in [-0.4, -0.2) is 32.7 Å². The van der Waals surface area contributed by atoms with Crippen molar-refractivity contribution in [3.05, 3.63) is 63.1 Å². The molecule has 12 heteroatoms. The Morgan fingerprint density at radius 2 is 1.90 bits per heavy atom. The predicted octanol–water partition coefficient (Wildman–Crippen LogP) is 4.13. The van der Waals surface area contributed by atoms with Crippen LogP contribution in [0, 0.1) is 0 Å². The lowest BCUT2D eigenvalue weighted by Gasteiger charge is -2.06. The molecule has 1 heterocycles. The summed E-state index contributed by atoms with van der Waals surface area (Å²) in [5.74, 6) is 5.92. The Hall–Kier alpha value is -2.46. The Balaban J connectivity index is 1.55. The summed E-state index contributed by atoms with van der Waals surface area (Å²) in [6.07, 6.45) is 1.54. The van der Waals surface area contributed by atoms with Crippen LogP contribution in [-0.2, 0) is 4.79 Å². The number of anilines is 2. The number of aromatic nitrogens is 3. The number of thioether (sulfide) groups is 1. The Labute approximate surface area is 185 Å². The molecule has 8 nitrogen and oxygen atoms in total. The average Bonchev–Trinajstić information content (AvgIpc) is 3.01. The number of hydrazone groups is 1. The van der Waals surface area contributed by atoms with Gasteiger partial charge in [-0.25, -0.2) is 10.1 Å². The van der Waals surface area contributed by atoms with E-state index >= 15 is 0 Å². The van der Waals surface area contributed by atoms with Gasteiger partial charge in [0.15, 0.2) is 0 Å². The van der Waals surface area contributed by atoms with Gasteiger partial charge in [0.1, 0.15) is 0 Å². The van der Waals surface area contributed by atoms with E-state index in [0.29, 0.717) is 25.9 Å². The quantitative estimate of drug-likeness (QED) is 0.207. The Morgan fingerprint density at radius 1 is 1.17 bits per heavy atom. The van der Waals surface area contributed by atoms with Crippen LogP contribution in [0.1, 0.15) is 5.56 Å². The van der Waals surface area contributed by atoms with Crippen molar-refractivity contribution < 1.29 is 4.79 Å². The van der Waals surface area contributed by atoms with Crippen molar-refractivity contribution in [1.29, 1.82) is 0 Å². The van der Waals surface area contributed by atoms with Gasteiger partial charge in [0.2, 0.25) is 11.1 Å². The van der Waals surface area contributed by atoms with E-state index in [2.05, 4.69) is 26.0 Å². The highest BCUT2D eigenvalue weighted by molar-refractivity contribution is 7.99. The van der Waals surface area contributed by atoms with Gasteiger partial charge < -0.3 is 11.2 Å². The molecule has 0 aliphatic heterocycles. The van der Waals surface area contributed by atoms with Crippen molar-refractivity contribution in [2.45, 2.75) is 5.16 Å². The summed E-state index contributed by atoms with van der Waals surface area (Å²) in [7, 11) is 0. The Bertz CT molecular complexity index is 1040. The SMILES string of the molecule is Nn1c(N/N=C/c2ccccc2Cl)nnc1SCC(=O)Nc1cc(Cl)cc(Cl)c1. The molecule has 0 unspecified atom stereocenters. The molecule has 0 saturated heterocycles. The second-order valence-corrected chi connectivity index (χ2v) is 7.79. The number of halogens is 3. The minimum Gasteiger partial charge on any atom is -0.334 e. The van der Waals surface area contributed by atoms with Crippen LogP contribution >= 0.6 is 46.6 Å². The molecule has 0 spiro atoms. The second kappa shape index (κ2) is 9.84. The maximum absolute atomic E-state index is 12.1. The van der Waals surface area contributed by atoms with Gasteiger partial charge in [0.25, 0.3) is 5.95 Å². The fraction of sp³-hybridized carbons (Fsp3) is 0.0588. The minimum absolute atomic E-state index is 0.0579. The fourth-order valence-corrected chi connectivity index (χ4v) is 3.51. The molecule has 4 N–H and O–H groups in total. The number of benzene rings is 2. The van der Waals surface area contributed by atoms with Crippen LogP contribution in [0.25, 0.3) is 0 Å². The number of hydrogen-bond donors (Lipinski definition) is 3. The summed E-state index contributed by atoms with van der Waals surface area (Å²) >= 11 is 19.0. The van der Waals surface area contributed by atoms with Gasteiger partial charge in [0.05, 0.1) is 12.0 Å². The Kier molecular flexibility index (Phi) is 7.21. The topological polar surface area (TPSA) is 110 Å². The molecule has 0 bridgehead atoms. The van der Waals surface area contributed by atoms with E-state index in [9.17, 15) is 4.79 Å². The summed E-state index contributed by atoms with van der Waals surface area (Å²) in [6.45, 7) is 0. The molecule has 2 aromatic carbocycles. The smallest absolute Gasteiger partial charge is 0.264 e. The van der Waals surface area contributed by atoms with E-state index in [4.69, 9.17) is 40.6 Å². The molecule has 0 saturated carbocycles. The van der Waals surface area contributed by atoms with Crippen LogP contribution in [0.5, 0.6) is 0 Å². The third-order valence-electron chi connectivity index (χ3n) is 3.42. The second-order valence-electron chi connectivity index (χ2n) is 5.56. The predicted molar refractivity (Wildman–Crippen MR) is 119 cm³/mol. The molecule has 1 aromatic heterocycles. The zero-order valence-electron chi connectivity index (χ0n) is 14.6. The molecule has 0 atom stereocenters. The van der Waals surface area contributed by atoms with Crippen molar-refractivity contribution in [1.82, 2.24) is 14.9 Å². The van der Waals surface area contributed by atoms with E-state index in [1.54, 1.807) is 24.3 Å². The molecule has 0 aliphatic carbocycles. The number of rotatable bonds is 7. The van der Waals surface area contributed by atoms with Gasteiger partial charge in [-0.15, -0.1) is 10.2 Å². The molecule has 0 fully saturated rings. The third kappa shape index (κ3) is 6.01. The molecule has 150 valence electrons. The highest BCUT2D eigenvalue weighted by atomic mass is 35.5. The van der Waals surface area contributed by atoms with Crippen molar-refractivity contribution in [2.24, 2.45) is 5.10 Å². The first-order chi connectivity index (χ1) is 13.9. The highest BCUT2D eigenvalue weighted by Crippen LogP contribution is 2.23. The van der Waals surface area contributed by atoms with Gasteiger partial charge in [-0.05, 0) is 24.3 Å². The van der Waals surface area contributed by atoms with E-state index < -0.39 is 0 Å². The van der Waals surface area contributed by atoms with Crippen molar-refractivity contribution in [2.75, 3.05) is 22.3 Å². The molecule has 0 radical (unpaired) electrons. The summed E-state index contributed by atoms with van der Waals surface area (Å²) in [5.41, 5.74) is 3.91. The lowest BCUT2D eigenvalue weighted by Crippen LogP contribution is -2.16. The number of nitrogens with two attached hydrogens (primary N) is 1. The lowest BCUT2D eigenvalue weighted by atomic mass is 10.2. The summed E-state index contributed by atoms with van der Waals surface area (Å²) in [4.78, 5) is 12.1. The number of carbonyl (C=O) groups excluding carboxylic acids is 1. The summed E-state index contributed by atoms with van der Waals surface area (Å²) in [5, 5.41) is 16.3. The van der Waals surface area contributed by atoms with Crippen molar-refractivity contribution in [3.8, 4) is 0 Å². The number of nitrogen functional groups attached to an aromatic ring is 1. The largest absolute Gasteiger partial charge is 0.334 e. The zero-order chi connectivity index (χ0) is 20.8. The fourth-order valence-electron chi connectivity index (χ4n) is 2.14. The number of amides is 1. The lowest BCUT2D eigenvalue weighted by molar-refractivity contribution is -0.113. The first-order valence-electron chi connectivity index (χ1n) is 8.05. The van der Waals surface area contributed by atoms with E-state index in [1.807, 2.05) is 18.2 Å². The number of nitrogens with zero attached hydrogens (tertiary/aromatic N) is 4. The Morgan fingerprint density at radius 3 is 2.62 bits per heavy atom. The first kappa shape index (κ1) is 21.3. The van der Waals surface area contributed by atoms with Gasteiger partial charge in [-0.2, -0.15) is 5.10 Å². The van der Waals surface area contributed by atoms with E-state index in [0.717, 1.165) is 17.3 Å². The number of hydrogen-bond acceptors (Lipinski definition) is 7. The molecule has 29 heavy (non-hydrogen) atoms. The van der Waals surface area contributed by atoms with E-state index in [-0.39, 0.29) is 17.6 Å². The van der Waals surface area contributed by atoms with Crippen LogP contribution < -0.4 is 16.6 Å². The first-order valence-corrected chi connectivity index (χ1v) is 10.2. The monoisotopic (exact) mass is 469 g/mol. The highest BCUT2D eigenvalue weighted by Gasteiger charge is 2.12. The van der Waals surface area contributed by atoms with Crippen LogP contribution in [0.15, 0.2) is 52.7 Å². The molecular formula is C17H14Cl3N7OS. The molecular weight excluding hydrogens is 457 g/mol. The van der Waals surface area contributed by atoms with E-state index in [1.165, 1.54) is 10.9 Å². The van der Waals surface area contributed by atoms with Crippen molar-refractivity contribution in [3.63, 3.8) is 0 Å². The minimum atomic E-state index is -0.275. The molecule has 3 aromatic rings. The standard InChI is InChI=1S/C17H14Cl3N7OS/c18-11-5-12(19)7-13(6-11)23-15(28)9-29-17-26-25-16(27(17)21)24-22-8-10-3-1-2-4-14(10)20/h1-8H,9,21H2,(H,23,28)(H,24,25)/b22-8+.